The second-order valence-electron chi connectivity index (χ2n) is 5.36. The number of para-hydroxylation sites is 1. The summed E-state index contributed by atoms with van der Waals surface area (Å²) in [7, 11) is -4.10. The maximum Gasteiger partial charge on any atom is 0.416 e. The van der Waals surface area contributed by atoms with Crippen LogP contribution >= 0.6 is 0 Å². The molecular formula is C14H17FN2O6S. The van der Waals surface area contributed by atoms with Gasteiger partial charge < -0.3 is 9.47 Å². The van der Waals surface area contributed by atoms with Crippen LogP contribution in [0.5, 0.6) is 0 Å². The van der Waals surface area contributed by atoms with Crippen molar-refractivity contribution in [1.82, 2.24) is 4.90 Å². The van der Waals surface area contributed by atoms with E-state index >= 15 is 0 Å². The van der Waals surface area contributed by atoms with E-state index < -0.39 is 34.7 Å². The van der Waals surface area contributed by atoms with E-state index in [9.17, 15) is 17.6 Å². The molecule has 2 atom stereocenters. The van der Waals surface area contributed by atoms with Crippen molar-refractivity contribution in [3.8, 4) is 0 Å². The lowest BCUT2D eigenvalue weighted by Crippen LogP contribution is -2.46. The lowest BCUT2D eigenvalue weighted by Gasteiger charge is -2.29. The second-order valence-corrected chi connectivity index (χ2v) is 6.93. The van der Waals surface area contributed by atoms with Gasteiger partial charge in [-0.1, -0.05) is 18.2 Å². The molecule has 0 bridgehead atoms. The van der Waals surface area contributed by atoms with Crippen LogP contribution in [-0.4, -0.2) is 64.2 Å². The molecule has 8 nitrogen and oxygen atoms in total. The molecule has 2 saturated heterocycles. The summed E-state index contributed by atoms with van der Waals surface area (Å²) in [5.74, 6) is -0.628. The fourth-order valence-electron chi connectivity index (χ4n) is 2.46. The van der Waals surface area contributed by atoms with Crippen molar-refractivity contribution in [3.63, 3.8) is 0 Å². The Morgan fingerprint density at radius 2 is 2.04 bits per heavy atom. The summed E-state index contributed by atoms with van der Waals surface area (Å²) in [5, 5.41) is 0. The zero-order valence-electron chi connectivity index (χ0n) is 12.7. The summed E-state index contributed by atoms with van der Waals surface area (Å²) in [6.07, 6.45) is -3.47. The number of hydrogen-bond acceptors (Lipinski definition) is 7. The SMILES string of the molecule is O=C1OC(OS(=O)(=O)CN2CCOCC2F)CN1c1ccccc1. The van der Waals surface area contributed by atoms with Gasteiger partial charge in [0.25, 0.3) is 10.1 Å². The fourth-order valence-corrected chi connectivity index (χ4v) is 3.64. The van der Waals surface area contributed by atoms with E-state index in [1.54, 1.807) is 30.3 Å². The van der Waals surface area contributed by atoms with Gasteiger partial charge >= 0.3 is 6.09 Å². The van der Waals surface area contributed by atoms with Gasteiger partial charge in [-0.2, -0.15) is 8.42 Å². The Morgan fingerprint density at radius 1 is 1.29 bits per heavy atom. The third-order valence-electron chi connectivity index (χ3n) is 3.60. The Kier molecular flexibility index (Phi) is 4.99. The van der Waals surface area contributed by atoms with Crippen LogP contribution in [-0.2, 0) is 23.8 Å². The number of rotatable bonds is 5. The topological polar surface area (TPSA) is 85.4 Å². The van der Waals surface area contributed by atoms with Gasteiger partial charge in [0.05, 0.1) is 19.8 Å². The highest BCUT2D eigenvalue weighted by atomic mass is 32.2. The minimum absolute atomic E-state index is 0.0652. The molecule has 1 aromatic carbocycles. The van der Waals surface area contributed by atoms with Crippen molar-refractivity contribution in [1.29, 1.82) is 0 Å². The third-order valence-corrected chi connectivity index (χ3v) is 4.76. The fraction of sp³-hybridized carbons (Fsp3) is 0.500. The van der Waals surface area contributed by atoms with Crippen molar-refractivity contribution < 1.29 is 31.3 Å². The molecule has 0 aliphatic carbocycles. The van der Waals surface area contributed by atoms with Crippen LogP contribution in [0.3, 0.4) is 0 Å². The molecule has 10 heteroatoms. The van der Waals surface area contributed by atoms with Gasteiger partial charge in [-0.3, -0.25) is 9.80 Å². The first-order chi connectivity index (χ1) is 11.4. The number of morpholine rings is 1. The predicted molar refractivity (Wildman–Crippen MR) is 81.3 cm³/mol. The summed E-state index contributed by atoms with van der Waals surface area (Å²) in [6.45, 7) is 0.139. The molecule has 2 heterocycles. The molecule has 0 aromatic heterocycles. The molecule has 3 rings (SSSR count). The average molecular weight is 360 g/mol. The van der Waals surface area contributed by atoms with Gasteiger partial charge in [0.2, 0.25) is 6.29 Å². The zero-order chi connectivity index (χ0) is 17.2. The van der Waals surface area contributed by atoms with Crippen molar-refractivity contribution in [3.05, 3.63) is 30.3 Å². The lowest BCUT2D eigenvalue weighted by molar-refractivity contribution is -0.0567. The lowest BCUT2D eigenvalue weighted by atomic mass is 10.3. The molecule has 0 saturated carbocycles. The smallest absolute Gasteiger partial charge is 0.416 e. The molecule has 0 N–H and O–H groups in total. The minimum Gasteiger partial charge on any atom is -0.416 e. The Hall–Kier alpha value is -1.75. The van der Waals surface area contributed by atoms with Crippen LogP contribution in [0.4, 0.5) is 14.9 Å². The number of cyclic esters (lactones) is 1. The van der Waals surface area contributed by atoms with Crippen molar-refractivity contribution in [2.24, 2.45) is 0 Å². The molecule has 1 aromatic rings. The number of alkyl halides is 1. The summed E-state index contributed by atoms with van der Waals surface area (Å²) in [5.41, 5.74) is 0.572. The molecule has 24 heavy (non-hydrogen) atoms. The molecule has 0 radical (unpaired) electrons. The van der Waals surface area contributed by atoms with Crippen LogP contribution < -0.4 is 4.90 Å². The summed E-state index contributed by atoms with van der Waals surface area (Å²) < 4.78 is 52.5. The highest BCUT2D eigenvalue weighted by Crippen LogP contribution is 2.23. The van der Waals surface area contributed by atoms with Gasteiger partial charge in [-0.05, 0) is 12.1 Å². The largest absolute Gasteiger partial charge is 0.416 e. The van der Waals surface area contributed by atoms with Crippen LogP contribution in [0.1, 0.15) is 0 Å². The minimum atomic E-state index is -4.10. The number of halogens is 1. The quantitative estimate of drug-likeness (QED) is 0.570. The third kappa shape index (κ3) is 4.01. The monoisotopic (exact) mass is 360 g/mol. The summed E-state index contributed by atoms with van der Waals surface area (Å²) >= 11 is 0. The molecule has 2 aliphatic rings. The first-order valence-electron chi connectivity index (χ1n) is 7.35. The summed E-state index contributed by atoms with van der Waals surface area (Å²) in [6, 6.07) is 8.67. The van der Waals surface area contributed by atoms with E-state index in [1.165, 1.54) is 4.90 Å². The van der Waals surface area contributed by atoms with Crippen LogP contribution in [0.25, 0.3) is 0 Å². The highest BCUT2D eigenvalue weighted by Gasteiger charge is 2.37. The Balaban J connectivity index is 1.60. The first-order valence-corrected chi connectivity index (χ1v) is 8.92. The van der Waals surface area contributed by atoms with Gasteiger partial charge in [-0.25, -0.2) is 13.4 Å². The first kappa shape index (κ1) is 17.1. The van der Waals surface area contributed by atoms with Crippen LogP contribution in [0, 0.1) is 0 Å². The number of anilines is 1. The summed E-state index contributed by atoms with van der Waals surface area (Å²) in [4.78, 5) is 14.2. The normalized spacial score (nSPS) is 25.7. The standard InChI is InChI=1S/C14H17FN2O6S/c15-12-9-21-7-6-16(12)10-24(19,20)23-13-8-17(14(18)22-13)11-4-2-1-3-5-11/h1-5,12-13H,6-10H2. The van der Waals surface area contributed by atoms with Crippen LogP contribution in [0.15, 0.2) is 30.3 Å². The van der Waals surface area contributed by atoms with Gasteiger partial charge in [0.1, 0.15) is 5.88 Å². The molecular weight excluding hydrogens is 343 g/mol. The van der Waals surface area contributed by atoms with Gasteiger partial charge in [0, 0.05) is 12.2 Å². The highest BCUT2D eigenvalue weighted by molar-refractivity contribution is 7.86. The molecule has 2 fully saturated rings. The molecule has 1 amide bonds. The maximum atomic E-state index is 13.6. The molecule has 0 spiro atoms. The number of hydrogen-bond donors (Lipinski definition) is 0. The molecule has 132 valence electrons. The number of nitrogens with zero attached hydrogens (tertiary/aromatic N) is 2. The molecule has 2 unspecified atom stereocenters. The van der Waals surface area contributed by atoms with E-state index in [2.05, 4.69) is 0 Å². The van der Waals surface area contributed by atoms with E-state index in [0.29, 0.717) is 5.69 Å². The number of ether oxygens (including phenoxy) is 2. The predicted octanol–water partition coefficient (Wildman–Crippen LogP) is 0.901. The van der Waals surface area contributed by atoms with Crippen molar-refractivity contribution >= 4 is 21.9 Å². The maximum absolute atomic E-state index is 13.6. The van der Waals surface area contributed by atoms with Gasteiger partial charge in [0.15, 0.2) is 6.30 Å². The number of benzene rings is 1. The number of amides is 1. The van der Waals surface area contributed by atoms with Crippen molar-refractivity contribution in [2.75, 3.05) is 37.1 Å². The molecule has 2 aliphatic heterocycles. The average Bonchev–Trinajstić information content (AvgIpc) is 2.90. The van der Waals surface area contributed by atoms with Crippen molar-refractivity contribution in [2.45, 2.75) is 12.6 Å². The van der Waals surface area contributed by atoms with E-state index in [0.717, 1.165) is 4.90 Å². The number of carbonyl (C=O) groups is 1. The number of carbonyl (C=O) groups excluding carboxylic acids is 1. The Labute approximate surface area is 138 Å². The van der Waals surface area contributed by atoms with Crippen LogP contribution in [0.2, 0.25) is 0 Å². The van der Waals surface area contributed by atoms with E-state index in [4.69, 9.17) is 13.7 Å². The van der Waals surface area contributed by atoms with E-state index in [1.807, 2.05) is 0 Å². The van der Waals surface area contributed by atoms with Gasteiger partial charge in [-0.15, -0.1) is 0 Å². The Morgan fingerprint density at radius 3 is 2.75 bits per heavy atom. The second kappa shape index (κ2) is 7.01. The Bertz CT molecular complexity index is 686. The zero-order valence-corrected chi connectivity index (χ0v) is 13.5. The van der Waals surface area contributed by atoms with E-state index in [-0.39, 0.29) is 26.3 Å².